The monoisotopic (exact) mass is 438 g/mol. The number of carbonyl (C=O) groups excluding carboxylic acids is 2. The van der Waals surface area contributed by atoms with Crippen LogP contribution in [0.3, 0.4) is 0 Å². The van der Waals surface area contributed by atoms with Gasteiger partial charge in [-0.15, -0.1) is 0 Å². The third-order valence-corrected chi connectivity index (χ3v) is 5.34. The maximum atomic E-state index is 14.1. The molecule has 1 aromatic heterocycles. The highest BCUT2D eigenvalue weighted by Gasteiger charge is 2.41. The predicted octanol–water partition coefficient (Wildman–Crippen LogP) is 1.80. The molecule has 1 fully saturated rings. The van der Waals surface area contributed by atoms with Crippen LogP contribution in [0.15, 0.2) is 18.3 Å². The lowest BCUT2D eigenvalue weighted by Crippen LogP contribution is -2.34. The van der Waals surface area contributed by atoms with Crippen LogP contribution in [0.1, 0.15) is 24.5 Å². The first-order valence-corrected chi connectivity index (χ1v) is 10.0. The molecular weight excluding hydrogens is 415 g/mol. The highest BCUT2D eigenvalue weighted by atomic mass is 19.1. The van der Waals surface area contributed by atoms with Crippen molar-refractivity contribution in [3.05, 3.63) is 29.5 Å². The van der Waals surface area contributed by atoms with E-state index >= 15 is 0 Å². The van der Waals surface area contributed by atoms with Crippen LogP contribution < -0.4 is 14.8 Å². The number of amides is 2. The van der Waals surface area contributed by atoms with Gasteiger partial charge >= 0.3 is 0 Å². The smallest absolute Gasteiger partial charge is 0.298 e. The van der Waals surface area contributed by atoms with Crippen LogP contribution in [0, 0.1) is 29.1 Å². The van der Waals surface area contributed by atoms with Gasteiger partial charge in [0.15, 0.2) is 6.17 Å². The summed E-state index contributed by atoms with van der Waals surface area (Å²) >= 11 is 0. The summed E-state index contributed by atoms with van der Waals surface area (Å²) in [5.41, 5.74) is 0.722. The van der Waals surface area contributed by atoms with E-state index in [1.54, 1.807) is 26.2 Å². The number of nitrogens with zero attached hydrogens (tertiary/aromatic N) is 3. The second kappa shape index (κ2) is 9.52. The Bertz CT molecular complexity index is 1160. The molecule has 32 heavy (non-hydrogen) atoms. The number of carbonyl (C=O) groups is 2. The summed E-state index contributed by atoms with van der Waals surface area (Å²) in [5, 5.41) is 13.1. The van der Waals surface area contributed by atoms with E-state index in [0.29, 0.717) is 28.5 Å². The third kappa shape index (κ3) is 4.42. The molecule has 0 spiro atoms. The number of nitrogens with one attached hydrogen (secondary N) is 1. The number of ether oxygens (including phenoxy) is 2. The van der Waals surface area contributed by atoms with Crippen LogP contribution in [0.5, 0.6) is 11.6 Å². The van der Waals surface area contributed by atoms with Crippen LogP contribution in [-0.4, -0.2) is 61.7 Å². The summed E-state index contributed by atoms with van der Waals surface area (Å²) in [4.78, 5) is 29.2. The molecule has 0 radical (unpaired) electrons. The summed E-state index contributed by atoms with van der Waals surface area (Å²) in [6, 6.07) is 4.78. The van der Waals surface area contributed by atoms with Gasteiger partial charge in [0.1, 0.15) is 18.4 Å². The maximum Gasteiger partial charge on any atom is 0.298 e. The molecule has 1 aliphatic rings. The summed E-state index contributed by atoms with van der Waals surface area (Å²) in [7, 11) is 4.63. The Balaban J connectivity index is 2.02. The van der Waals surface area contributed by atoms with E-state index in [1.165, 1.54) is 18.2 Å². The fourth-order valence-electron chi connectivity index (χ4n) is 3.54. The van der Waals surface area contributed by atoms with Crippen molar-refractivity contribution in [2.45, 2.75) is 25.6 Å². The Hall–Kier alpha value is -3.85. The van der Waals surface area contributed by atoms with E-state index in [0.717, 1.165) is 0 Å². The van der Waals surface area contributed by atoms with Gasteiger partial charge in [0.2, 0.25) is 5.88 Å². The fourth-order valence-corrected chi connectivity index (χ4v) is 3.54. The average molecular weight is 438 g/mol. The van der Waals surface area contributed by atoms with Crippen LogP contribution in [0.2, 0.25) is 0 Å². The van der Waals surface area contributed by atoms with Gasteiger partial charge in [0.25, 0.3) is 11.8 Å². The second-order valence-corrected chi connectivity index (χ2v) is 7.54. The van der Waals surface area contributed by atoms with Gasteiger partial charge < -0.3 is 19.7 Å². The fraction of sp³-hybridized carbons (Fsp3) is 0.391. The number of alkyl halides is 1. The van der Waals surface area contributed by atoms with Crippen LogP contribution in [0.25, 0.3) is 10.8 Å². The third-order valence-electron chi connectivity index (χ3n) is 5.34. The number of hydrogen-bond donors (Lipinski definition) is 1. The molecule has 3 rings (SSSR count). The number of pyridine rings is 1. The van der Waals surface area contributed by atoms with Crippen molar-refractivity contribution < 1.29 is 23.5 Å². The van der Waals surface area contributed by atoms with Crippen molar-refractivity contribution in [2.24, 2.45) is 5.92 Å². The van der Waals surface area contributed by atoms with Gasteiger partial charge in [-0.05, 0) is 18.6 Å². The molecule has 1 saturated heterocycles. The minimum Gasteiger partial charge on any atom is -0.495 e. The molecule has 1 aliphatic heterocycles. The Morgan fingerprint density at radius 2 is 2.06 bits per heavy atom. The molecule has 3 atom stereocenters. The summed E-state index contributed by atoms with van der Waals surface area (Å²) in [6.45, 7) is 1.84. The zero-order chi connectivity index (χ0) is 23.4. The van der Waals surface area contributed by atoms with E-state index in [4.69, 9.17) is 9.47 Å². The van der Waals surface area contributed by atoms with E-state index in [1.807, 2.05) is 6.92 Å². The van der Waals surface area contributed by atoms with Crippen molar-refractivity contribution in [3.8, 4) is 29.5 Å². The normalized spacial score (nSPS) is 19.5. The molecule has 0 saturated carbocycles. The molecule has 166 valence electrons. The molecule has 1 aromatic carbocycles. The Kier molecular flexibility index (Phi) is 6.79. The van der Waals surface area contributed by atoms with Gasteiger partial charge in [-0.25, -0.2) is 9.37 Å². The Labute approximate surface area is 185 Å². The number of methoxy groups -OCH3 is 1. The predicted molar refractivity (Wildman–Crippen MR) is 115 cm³/mol. The van der Waals surface area contributed by atoms with Crippen molar-refractivity contribution in [1.82, 2.24) is 15.2 Å². The lowest BCUT2D eigenvalue weighted by Gasteiger charge is -2.19. The maximum absolute atomic E-state index is 14.1. The van der Waals surface area contributed by atoms with Crippen LogP contribution in [0.4, 0.5) is 4.39 Å². The summed E-state index contributed by atoms with van der Waals surface area (Å²) < 4.78 is 25.2. The van der Waals surface area contributed by atoms with E-state index in [-0.39, 0.29) is 24.0 Å². The largest absolute Gasteiger partial charge is 0.495 e. The van der Waals surface area contributed by atoms with Crippen molar-refractivity contribution >= 4 is 22.6 Å². The molecule has 2 aromatic rings. The topological polar surface area (TPSA) is 105 Å². The van der Waals surface area contributed by atoms with Gasteiger partial charge in [0.05, 0.1) is 24.3 Å². The molecule has 8 nitrogen and oxygen atoms in total. The number of benzene rings is 1. The van der Waals surface area contributed by atoms with Crippen molar-refractivity contribution in [3.63, 3.8) is 0 Å². The first kappa shape index (κ1) is 22.8. The first-order valence-electron chi connectivity index (χ1n) is 10.0. The summed E-state index contributed by atoms with van der Waals surface area (Å²) in [6.07, 6.45) is 0.364. The number of hydrogen-bond acceptors (Lipinski definition) is 6. The number of halogens is 1. The first-order chi connectivity index (χ1) is 15.3. The Morgan fingerprint density at radius 3 is 2.69 bits per heavy atom. The highest BCUT2D eigenvalue weighted by molar-refractivity contribution is 5.97. The minimum atomic E-state index is -1.57. The molecule has 2 amide bonds. The summed E-state index contributed by atoms with van der Waals surface area (Å²) in [5.74, 6) is 4.36. The molecule has 9 heteroatoms. The van der Waals surface area contributed by atoms with E-state index < -0.39 is 24.0 Å². The lowest BCUT2D eigenvalue weighted by atomic mass is 9.97. The van der Waals surface area contributed by atoms with Crippen LogP contribution in [-0.2, 0) is 9.59 Å². The van der Waals surface area contributed by atoms with Gasteiger partial charge in [0, 0.05) is 42.9 Å². The van der Waals surface area contributed by atoms with Crippen molar-refractivity contribution in [2.75, 3.05) is 27.8 Å². The van der Waals surface area contributed by atoms with Gasteiger partial charge in [-0.1, -0.05) is 12.8 Å². The van der Waals surface area contributed by atoms with E-state index in [2.05, 4.69) is 28.2 Å². The average Bonchev–Trinajstić information content (AvgIpc) is 3.07. The second-order valence-electron chi connectivity index (χ2n) is 7.54. The highest BCUT2D eigenvalue weighted by Crippen LogP contribution is 2.33. The van der Waals surface area contributed by atoms with Gasteiger partial charge in [-0.3, -0.25) is 9.59 Å². The van der Waals surface area contributed by atoms with Gasteiger partial charge in [-0.2, -0.15) is 5.26 Å². The Morgan fingerprint density at radius 1 is 1.31 bits per heavy atom. The molecule has 0 bridgehead atoms. The quantitative estimate of drug-likeness (QED) is 0.714. The SMILES string of the molecule is CC[C@@H]1[C@H](F)C(=O)N[C@@H]1COc1ncc(C#CC(=O)N(C)C)c2cc(C#N)c(OC)cc12. The zero-order valence-corrected chi connectivity index (χ0v) is 18.2. The zero-order valence-electron chi connectivity index (χ0n) is 18.2. The van der Waals surface area contributed by atoms with Crippen LogP contribution >= 0.6 is 0 Å². The molecular formula is C23H23FN4O4. The van der Waals surface area contributed by atoms with E-state index in [9.17, 15) is 19.2 Å². The minimum absolute atomic E-state index is 0.0270. The number of rotatable bonds is 5. The molecule has 0 aliphatic carbocycles. The standard InChI is InChI=1S/C23H23FN4O4/c1-5-15-18(27-22(30)21(15)24)12-32-23-17-9-19(31-4)14(10-25)8-16(17)13(11-26-23)6-7-20(29)28(2)3/h8-9,11,15,18,21H,5,12H2,1-4H3,(H,27,30)/t15-,18+,21-/m0/s1. The number of fused-ring (bicyclic) bond motifs is 1. The lowest BCUT2D eigenvalue weighted by molar-refractivity contribution is -0.124. The number of aromatic nitrogens is 1. The molecule has 0 unspecified atom stereocenters. The van der Waals surface area contributed by atoms with Crippen molar-refractivity contribution in [1.29, 1.82) is 5.26 Å². The number of nitriles is 1. The molecule has 2 heterocycles. The molecule has 1 N–H and O–H groups in total.